The molecule has 0 bridgehead atoms. The van der Waals surface area contributed by atoms with Crippen molar-refractivity contribution < 1.29 is 4.39 Å². The molecule has 1 fully saturated rings. The van der Waals surface area contributed by atoms with E-state index in [-0.39, 0.29) is 5.82 Å². The maximum absolute atomic E-state index is 13.6. The summed E-state index contributed by atoms with van der Waals surface area (Å²) in [4.78, 5) is 10.8. The van der Waals surface area contributed by atoms with Crippen molar-refractivity contribution in [2.45, 2.75) is 19.4 Å². The van der Waals surface area contributed by atoms with Gasteiger partial charge in [0.15, 0.2) is 0 Å². The maximum Gasteiger partial charge on any atom is 0.140 e. The summed E-state index contributed by atoms with van der Waals surface area (Å²) in [6.07, 6.45) is 6.48. The molecule has 6 heteroatoms. The molecule has 22 heavy (non-hydrogen) atoms. The highest BCUT2D eigenvalue weighted by Gasteiger charge is 2.26. The zero-order valence-corrected chi connectivity index (χ0v) is 12.3. The van der Waals surface area contributed by atoms with Gasteiger partial charge in [0.1, 0.15) is 18.0 Å². The summed E-state index contributed by atoms with van der Waals surface area (Å²) in [7, 11) is 0. The predicted molar refractivity (Wildman–Crippen MR) is 82.3 cm³/mol. The van der Waals surface area contributed by atoms with Gasteiger partial charge in [0.2, 0.25) is 0 Å². The lowest BCUT2D eigenvalue weighted by molar-refractivity contribution is 0.494. The average molecular weight is 297 g/mol. The highest BCUT2D eigenvalue weighted by molar-refractivity contribution is 5.89. The summed E-state index contributed by atoms with van der Waals surface area (Å²) in [5, 5.41) is 5.16. The molecule has 0 amide bonds. The third-order valence-electron chi connectivity index (χ3n) is 4.14. The molecular weight excluding hydrogens is 281 g/mol. The van der Waals surface area contributed by atoms with Gasteiger partial charge in [-0.15, -0.1) is 0 Å². The molecule has 1 aliphatic rings. The summed E-state index contributed by atoms with van der Waals surface area (Å²) in [5.74, 6) is 0.540. The van der Waals surface area contributed by atoms with Crippen LogP contribution >= 0.6 is 0 Å². The molecule has 0 spiro atoms. The van der Waals surface area contributed by atoms with Gasteiger partial charge in [0.05, 0.1) is 17.8 Å². The van der Waals surface area contributed by atoms with E-state index in [1.807, 2.05) is 17.8 Å². The minimum absolute atomic E-state index is 0.262. The molecule has 1 atom stereocenters. The highest BCUT2D eigenvalue weighted by Crippen LogP contribution is 2.30. The normalized spacial score (nSPS) is 18.3. The van der Waals surface area contributed by atoms with E-state index >= 15 is 0 Å². The van der Waals surface area contributed by atoms with Gasteiger partial charge in [0, 0.05) is 24.7 Å². The van der Waals surface area contributed by atoms with Crippen molar-refractivity contribution in [1.29, 1.82) is 0 Å². The third kappa shape index (κ3) is 2.20. The summed E-state index contributed by atoms with van der Waals surface area (Å²) in [5.41, 5.74) is 1.93. The van der Waals surface area contributed by atoms with Crippen molar-refractivity contribution in [3.8, 4) is 0 Å². The van der Waals surface area contributed by atoms with Crippen LogP contribution in [0.3, 0.4) is 0 Å². The van der Waals surface area contributed by atoms with Gasteiger partial charge in [-0.05, 0) is 37.1 Å². The first-order chi connectivity index (χ1) is 10.7. The van der Waals surface area contributed by atoms with E-state index in [0.29, 0.717) is 6.04 Å². The average Bonchev–Trinajstić information content (AvgIpc) is 3.15. The molecule has 2 aromatic heterocycles. The van der Waals surface area contributed by atoms with Crippen molar-refractivity contribution in [2.75, 3.05) is 18.0 Å². The van der Waals surface area contributed by atoms with Crippen LogP contribution in [0.15, 0.2) is 36.9 Å². The topological polar surface area (TPSA) is 46.8 Å². The number of nitrogens with zero attached hydrogens (tertiary/aromatic N) is 5. The van der Waals surface area contributed by atoms with Gasteiger partial charge in [-0.3, -0.25) is 4.68 Å². The van der Waals surface area contributed by atoms with Gasteiger partial charge >= 0.3 is 0 Å². The quantitative estimate of drug-likeness (QED) is 0.729. The number of halogens is 1. The molecular formula is C16H16FN5. The van der Waals surface area contributed by atoms with Gasteiger partial charge in [-0.25, -0.2) is 14.4 Å². The Morgan fingerprint density at radius 1 is 1.27 bits per heavy atom. The fraction of sp³-hybridized carbons (Fsp3) is 0.312. The van der Waals surface area contributed by atoms with Crippen LogP contribution in [0.1, 0.15) is 18.0 Å². The Morgan fingerprint density at radius 2 is 2.18 bits per heavy atom. The van der Waals surface area contributed by atoms with Crippen LogP contribution < -0.4 is 4.90 Å². The Labute approximate surface area is 127 Å². The summed E-state index contributed by atoms with van der Waals surface area (Å²) in [6.45, 7) is 3.74. The van der Waals surface area contributed by atoms with Gasteiger partial charge in [0.25, 0.3) is 0 Å². The van der Waals surface area contributed by atoms with Crippen LogP contribution in [-0.2, 0) is 0 Å². The number of hydrogen-bond acceptors (Lipinski definition) is 4. The second-order valence-corrected chi connectivity index (χ2v) is 5.74. The molecule has 0 radical (unpaired) electrons. The number of anilines is 1. The van der Waals surface area contributed by atoms with Crippen LogP contribution in [0.5, 0.6) is 0 Å². The van der Waals surface area contributed by atoms with Gasteiger partial charge in [-0.2, -0.15) is 5.10 Å². The fourth-order valence-electron chi connectivity index (χ4n) is 3.05. The lowest BCUT2D eigenvalue weighted by atomic mass is 10.2. The predicted octanol–water partition coefficient (Wildman–Crippen LogP) is 2.73. The van der Waals surface area contributed by atoms with Crippen LogP contribution in [0, 0.1) is 12.7 Å². The molecule has 0 saturated carbocycles. The first-order valence-corrected chi connectivity index (χ1v) is 7.37. The zero-order chi connectivity index (χ0) is 15.1. The summed E-state index contributed by atoms with van der Waals surface area (Å²) in [6, 6.07) is 4.96. The molecule has 1 saturated heterocycles. The number of rotatable bonds is 2. The van der Waals surface area contributed by atoms with Crippen molar-refractivity contribution in [3.05, 3.63) is 48.3 Å². The molecule has 1 aromatic carbocycles. The Balaban J connectivity index is 1.67. The Kier molecular flexibility index (Phi) is 3.03. The Bertz CT molecular complexity index is 828. The smallest absolute Gasteiger partial charge is 0.140 e. The first kappa shape index (κ1) is 13.2. The monoisotopic (exact) mass is 297 g/mol. The fourth-order valence-corrected chi connectivity index (χ4v) is 3.05. The number of aryl methyl sites for hydroxylation is 1. The van der Waals surface area contributed by atoms with E-state index in [2.05, 4.69) is 26.2 Å². The molecule has 1 aliphatic heterocycles. The second-order valence-electron chi connectivity index (χ2n) is 5.74. The van der Waals surface area contributed by atoms with E-state index in [0.717, 1.165) is 41.8 Å². The van der Waals surface area contributed by atoms with Gasteiger partial charge < -0.3 is 4.90 Å². The lowest BCUT2D eigenvalue weighted by Gasteiger charge is -2.19. The number of fused-ring (bicyclic) bond motifs is 1. The Hall–Kier alpha value is -2.50. The molecule has 1 unspecified atom stereocenters. The molecule has 3 aromatic rings. The van der Waals surface area contributed by atoms with E-state index < -0.39 is 0 Å². The molecule has 3 heterocycles. The number of aromatic nitrogens is 4. The Morgan fingerprint density at radius 3 is 3.00 bits per heavy atom. The highest BCUT2D eigenvalue weighted by atomic mass is 19.1. The van der Waals surface area contributed by atoms with Crippen LogP contribution in [0.25, 0.3) is 10.9 Å². The van der Waals surface area contributed by atoms with Crippen molar-refractivity contribution in [1.82, 2.24) is 19.7 Å². The van der Waals surface area contributed by atoms with E-state index in [4.69, 9.17) is 0 Å². The van der Waals surface area contributed by atoms with Gasteiger partial charge in [-0.1, -0.05) is 0 Å². The molecule has 0 aliphatic carbocycles. The minimum Gasteiger partial charge on any atom is -0.354 e. The van der Waals surface area contributed by atoms with E-state index in [9.17, 15) is 4.39 Å². The van der Waals surface area contributed by atoms with Crippen LogP contribution in [0.4, 0.5) is 10.2 Å². The SMILES string of the molecule is Cc1cnn(C2CCN(c3ncnc4ccc(F)cc34)C2)c1. The minimum atomic E-state index is -0.262. The van der Waals surface area contributed by atoms with Crippen LogP contribution in [-0.4, -0.2) is 32.8 Å². The lowest BCUT2D eigenvalue weighted by Crippen LogP contribution is -2.22. The largest absolute Gasteiger partial charge is 0.354 e. The molecule has 0 N–H and O–H groups in total. The van der Waals surface area contributed by atoms with Crippen molar-refractivity contribution >= 4 is 16.7 Å². The van der Waals surface area contributed by atoms with Crippen LogP contribution in [0.2, 0.25) is 0 Å². The second kappa shape index (κ2) is 5.05. The van der Waals surface area contributed by atoms with E-state index in [1.54, 1.807) is 12.4 Å². The molecule has 4 rings (SSSR count). The molecule has 112 valence electrons. The van der Waals surface area contributed by atoms with E-state index in [1.165, 1.54) is 12.1 Å². The van der Waals surface area contributed by atoms with Crippen molar-refractivity contribution in [2.24, 2.45) is 0 Å². The standard InChI is InChI=1S/C16H16FN5/c1-11-7-20-22(8-11)13-4-5-21(9-13)16-14-6-12(17)2-3-15(14)18-10-19-16/h2-3,6-8,10,13H,4-5,9H2,1H3. The maximum atomic E-state index is 13.6. The molecule has 5 nitrogen and oxygen atoms in total. The first-order valence-electron chi connectivity index (χ1n) is 7.37. The summed E-state index contributed by atoms with van der Waals surface area (Å²) < 4.78 is 15.6. The van der Waals surface area contributed by atoms with Crippen molar-refractivity contribution in [3.63, 3.8) is 0 Å². The number of benzene rings is 1. The summed E-state index contributed by atoms with van der Waals surface area (Å²) >= 11 is 0. The number of hydrogen-bond donors (Lipinski definition) is 0. The third-order valence-corrected chi connectivity index (χ3v) is 4.14. The zero-order valence-electron chi connectivity index (χ0n) is 12.3.